The molecule has 4 heteroatoms. The van der Waals surface area contributed by atoms with E-state index in [-0.39, 0.29) is 11.8 Å². The molecule has 0 aliphatic carbocycles. The van der Waals surface area contributed by atoms with Crippen LogP contribution in [0.1, 0.15) is 23.8 Å². The lowest BCUT2D eigenvalue weighted by Crippen LogP contribution is -2.20. The third-order valence-corrected chi connectivity index (χ3v) is 2.83. The smallest absolute Gasteiger partial charge is 0.117 e. The number of hydrogen-bond donors (Lipinski definition) is 3. The van der Waals surface area contributed by atoms with Crippen LogP contribution in [-0.4, -0.2) is 11.7 Å². The zero-order chi connectivity index (χ0) is 12.8. The van der Waals surface area contributed by atoms with Crippen LogP contribution in [0.25, 0.3) is 0 Å². The number of nitrogens with two attached hydrogens (primary N) is 1. The molecule has 0 saturated heterocycles. The van der Waals surface area contributed by atoms with Gasteiger partial charge in [0.1, 0.15) is 11.5 Å². The van der Waals surface area contributed by atoms with E-state index in [4.69, 9.17) is 10.2 Å². The number of benzene rings is 1. The summed E-state index contributed by atoms with van der Waals surface area (Å²) in [6, 6.07) is 10.8. The van der Waals surface area contributed by atoms with Crippen molar-refractivity contribution in [3.05, 3.63) is 54.0 Å². The molecule has 18 heavy (non-hydrogen) atoms. The van der Waals surface area contributed by atoms with E-state index in [2.05, 4.69) is 5.32 Å². The molecule has 1 atom stereocenters. The van der Waals surface area contributed by atoms with Crippen molar-refractivity contribution in [2.75, 3.05) is 6.54 Å². The van der Waals surface area contributed by atoms with Crippen molar-refractivity contribution in [2.45, 2.75) is 19.0 Å². The highest BCUT2D eigenvalue weighted by Crippen LogP contribution is 2.17. The topological polar surface area (TPSA) is 71.4 Å². The zero-order valence-corrected chi connectivity index (χ0v) is 10.2. The van der Waals surface area contributed by atoms with Crippen LogP contribution in [0.15, 0.2) is 47.1 Å². The lowest BCUT2D eigenvalue weighted by Gasteiger charge is -2.12. The first kappa shape index (κ1) is 12.7. The van der Waals surface area contributed by atoms with E-state index in [9.17, 15) is 5.11 Å². The standard InChI is InChI=1S/C14H18N2O2/c15-14(11-3-5-12(17)6-4-11)7-8-16-10-13-2-1-9-18-13/h1-6,9,14,16-17H,7-8,10,15H2. The molecule has 0 radical (unpaired) electrons. The minimum Gasteiger partial charge on any atom is -0.508 e. The van der Waals surface area contributed by atoms with E-state index in [0.29, 0.717) is 0 Å². The van der Waals surface area contributed by atoms with E-state index in [0.717, 1.165) is 30.8 Å². The predicted octanol–water partition coefficient (Wildman–Crippen LogP) is 2.16. The fourth-order valence-corrected chi connectivity index (χ4v) is 1.77. The molecule has 4 N–H and O–H groups in total. The van der Waals surface area contributed by atoms with Crippen LogP contribution < -0.4 is 11.1 Å². The van der Waals surface area contributed by atoms with Gasteiger partial charge in [-0.15, -0.1) is 0 Å². The normalized spacial score (nSPS) is 12.5. The summed E-state index contributed by atoms with van der Waals surface area (Å²) in [5, 5.41) is 12.5. The molecule has 1 heterocycles. The van der Waals surface area contributed by atoms with Crippen LogP contribution in [0, 0.1) is 0 Å². The molecule has 1 unspecified atom stereocenters. The Morgan fingerprint density at radius 1 is 1.22 bits per heavy atom. The first-order chi connectivity index (χ1) is 8.75. The molecule has 0 bridgehead atoms. The van der Waals surface area contributed by atoms with Crippen LogP contribution in [0.4, 0.5) is 0 Å². The Kier molecular flexibility index (Phi) is 4.39. The number of phenolic OH excluding ortho intramolecular Hbond substituents is 1. The molecule has 96 valence electrons. The van der Waals surface area contributed by atoms with Gasteiger partial charge in [0.2, 0.25) is 0 Å². The van der Waals surface area contributed by atoms with Gasteiger partial charge in [0.25, 0.3) is 0 Å². The average Bonchev–Trinajstić information content (AvgIpc) is 2.88. The first-order valence-corrected chi connectivity index (χ1v) is 6.03. The maximum atomic E-state index is 9.19. The van der Waals surface area contributed by atoms with Gasteiger partial charge >= 0.3 is 0 Å². The summed E-state index contributed by atoms with van der Waals surface area (Å²) in [6.45, 7) is 1.54. The number of furan rings is 1. The van der Waals surface area contributed by atoms with Crippen molar-refractivity contribution in [3.8, 4) is 5.75 Å². The minimum absolute atomic E-state index is 0.0188. The lowest BCUT2D eigenvalue weighted by atomic mass is 10.0. The molecule has 2 aromatic rings. The fraction of sp³-hybridized carbons (Fsp3) is 0.286. The van der Waals surface area contributed by atoms with Crippen LogP contribution in [0.2, 0.25) is 0 Å². The molecule has 1 aromatic heterocycles. The van der Waals surface area contributed by atoms with Crippen molar-refractivity contribution >= 4 is 0 Å². The van der Waals surface area contributed by atoms with Gasteiger partial charge in [-0.2, -0.15) is 0 Å². The van der Waals surface area contributed by atoms with Gasteiger partial charge in [0.05, 0.1) is 12.8 Å². The number of phenols is 1. The summed E-state index contributed by atoms with van der Waals surface area (Å²) in [6.07, 6.45) is 2.50. The minimum atomic E-state index is -0.0188. The number of aromatic hydroxyl groups is 1. The average molecular weight is 246 g/mol. The van der Waals surface area contributed by atoms with Gasteiger partial charge in [-0.1, -0.05) is 12.1 Å². The van der Waals surface area contributed by atoms with E-state index >= 15 is 0 Å². The molecule has 0 amide bonds. The summed E-state index contributed by atoms with van der Waals surface area (Å²) in [4.78, 5) is 0. The molecular formula is C14H18N2O2. The second kappa shape index (κ2) is 6.23. The lowest BCUT2D eigenvalue weighted by molar-refractivity contribution is 0.471. The van der Waals surface area contributed by atoms with E-state index in [1.165, 1.54) is 0 Å². The van der Waals surface area contributed by atoms with Gasteiger partial charge in [-0.05, 0) is 42.8 Å². The largest absolute Gasteiger partial charge is 0.508 e. The van der Waals surface area contributed by atoms with Gasteiger partial charge in [0.15, 0.2) is 0 Å². The van der Waals surface area contributed by atoms with Crippen LogP contribution in [-0.2, 0) is 6.54 Å². The van der Waals surface area contributed by atoms with E-state index < -0.39 is 0 Å². The summed E-state index contributed by atoms with van der Waals surface area (Å²) < 4.78 is 5.22. The Morgan fingerprint density at radius 3 is 2.67 bits per heavy atom. The highest BCUT2D eigenvalue weighted by Gasteiger charge is 2.05. The van der Waals surface area contributed by atoms with Gasteiger partial charge in [-0.3, -0.25) is 0 Å². The number of hydrogen-bond acceptors (Lipinski definition) is 4. The van der Waals surface area contributed by atoms with Crippen molar-refractivity contribution in [3.63, 3.8) is 0 Å². The Balaban J connectivity index is 1.71. The van der Waals surface area contributed by atoms with Crippen molar-refractivity contribution < 1.29 is 9.52 Å². The van der Waals surface area contributed by atoms with Gasteiger partial charge in [0, 0.05) is 6.04 Å². The molecule has 0 spiro atoms. The zero-order valence-electron chi connectivity index (χ0n) is 10.2. The second-order valence-electron chi connectivity index (χ2n) is 4.24. The van der Waals surface area contributed by atoms with Crippen LogP contribution in [0.3, 0.4) is 0 Å². The Labute approximate surface area is 106 Å². The van der Waals surface area contributed by atoms with Crippen LogP contribution >= 0.6 is 0 Å². The third-order valence-electron chi connectivity index (χ3n) is 2.83. The quantitative estimate of drug-likeness (QED) is 0.683. The second-order valence-corrected chi connectivity index (χ2v) is 4.24. The highest BCUT2D eigenvalue weighted by molar-refractivity contribution is 5.27. The molecule has 4 nitrogen and oxygen atoms in total. The predicted molar refractivity (Wildman–Crippen MR) is 70.1 cm³/mol. The third kappa shape index (κ3) is 3.61. The summed E-state index contributed by atoms with van der Waals surface area (Å²) in [5.74, 6) is 1.19. The molecule has 1 aromatic carbocycles. The number of rotatable bonds is 6. The maximum Gasteiger partial charge on any atom is 0.117 e. The molecular weight excluding hydrogens is 228 g/mol. The maximum absolute atomic E-state index is 9.19. The van der Waals surface area contributed by atoms with E-state index in [1.807, 2.05) is 24.3 Å². The Morgan fingerprint density at radius 2 is 2.00 bits per heavy atom. The molecule has 0 fully saturated rings. The van der Waals surface area contributed by atoms with Crippen molar-refractivity contribution in [1.82, 2.24) is 5.32 Å². The Bertz CT molecular complexity index is 451. The van der Waals surface area contributed by atoms with Crippen molar-refractivity contribution in [1.29, 1.82) is 0 Å². The highest BCUT2D eigenvalue weighted by atomic mass is 16.3. The fourth-order valence-electron chi connectivity index (χ4n) is 1.77. The molecule has 2 rings (SSSR count). The molecule has 0 saturated carbocycles. The summed E-state index contributed by atoms with van der Waals surface area (Å²) >= 11 is 0. The monoisotopic (exact) mass is 246 g/mol. The SMILES string of the molecule is NC(CCNCc1ccco1)c1ccc(O)cc1. The Hall–Kier alpha value is -1.78. The molecule has 0 aliphatic heterocycles. The summed E-state index contributed by atoms with van der Waals surface area (Å²) in [5.41, 5.74) is 7.09. The van der Waals surface area contributed by atoms with Crippen molar-refractivity contribution in [2.24, 2.45) is 5.73 Å². The van der Waals surface area contributed by atoms with Gasteiger partial charge < -0.3 is 20.6 Å². The number of nitrogens with one attached hydrogen (secondary N) is 1. The van der Waals surface area contributed by atoms with E-state index in [1.54, 1.807) is 18.4 Å². The first-order valence-electron chi connectivity index (χ1n) is 6.03. The van der Waals surface area contributed by atoms with Gasteiger partial charge in [-0.25, -0.2) is 0 Å². The summed E-state index contributed by atoms with van der Waals surface area (Å²) in [7, 11) is 0. The van der Waals surface area contributed by atoms with Crippen LogP contribution in [0.5, 0.6) is 5.75 Å². The molecule has 0 aliphatic rings.